The predicted octanol–water partition coefficient (Wildman–Crippen LogP) is 4.74. The van der Waals surface area contributed by atoms with Crippen molar-refractivity contribution in [1.29, 1.82) is 0 Å². The molecule has 0 radical (unpaired) electrons. The average molecular weight is 539 g/mol. The quantitative estimate of drug-likeness (QED) is 0.149. The van der Waals surface area contributed by atoms with Crippen molar-refractivity contribution in [3.8, 4) is 22.6 Å². The summed E-state index contributed by atoms with van der Waals surface area (Å²) in [5.74, 6) is 0.297. The molecule has 0 saturated heterocycles. The zero-order valence-electron chi connectivity index (χ0n) is 23.0. The topological polar surface area (TPSA) is 123 Å². The molecule has 39 heavy (non-hydrogen) atoms. The van der Waals surface area contributed by atoms with Crippen molar-refractivity contribution < 1.29 is 28.5 Å². The fourth-order valence-electron chi connectivity index (χ4n) is 3.76. The third-order valence-corrected chi connectivity index (χ3v) is 6.02. The lowest BCUT2D eigenvalue weighted by atomic mass is 9.95. The van der Waals surface area contributed by atoms with Crippen LogP contribution in [0.25, 0.3) is 11.1 Å². The summed E-state index contributed by atoms with van der Waals surface area (Å²) in [7, 11) is 0. The molecule has 0 fully saturated rings. The van der Waals surface area contributed by atoms with Gasteiger partial charge in [-0.05, 0) is 53.8 Å². The molecule has 2 rings (SSSR count). The second-order valence-corrected chi connectivity index (χ2v) is 9.10. The van der Waals surface area contributed by atoms with Gasteiger partial charge in [-0.2, -0.15) is 0 Å². The monoisotopic (exact) mass is 538 g/mol. The number of ether oxygens (including phenoxy) is 4. The SMILES string of the molecule is C=C(CN)C(=O)OCCOc1cccc(-c2cc(OCCOC(=O)C(=C)CN)ccc2CCCCCCC)c1. The van der Waals surface area contributed by atoms with Crippen molar-refractivity contribution in [1.82, 2.24) is 0 Å². The van der Waals surface area contributed by atoms with Crippen LogP contribution in [0.2, 0.25) is 0 Å². The van der Waals surface area contributed by atoms with Crippen molar-refractivity contribution in [2.75, 3.05) is 39.5 Å². The van der Waals surface area contributed by atoms with Gasteiger partial charge in [0, 0.05) is 24.2 Å². The van der Waals surface area contributed by atoms with E-state index in [1.807, 2.05) is 36.4 Å². The summed E-state index contributed by atoms with van der Waals surface area (Å²) in [6, 6.07) is 13.8. The molecule has 4 N–H and O–H groups in total. The number of aryl methyl sites for hydroxylation is 1. The van der Waals surface area contributed by atoms with Crippen LogP contribution in [0.4, 0.5) is 0 Å². The lowest BCUT2D eigenvalue weighted by Crippen LogP contribution is -2.17. The van der Waals surface area contributed by atoms with Gasteiger partial charge in [0.2, 0.25) is 0 Å². The highest BCUT2D eigenvalue weighted by Gasteiger charge is 2.11. The van der Waals surface area contributed by atoms with E-state index in [2.05, 4.69) is 26.1 Å². The van der Waals surface area contributed by atoms with Gasteiger partial charge < -0.3 is 30.4 Å². The summed E-state index contributed by atoms with van der Waals surface area (Å²) in [6.07, 6.45) is 6.92. The van der Waals surface area contributed by atoms with E-state index < -0.39 is 11.9 Å². The van der Waals surface area contributed by atoms with Crippen molar-refractivity contribution in [3.05, 3.63) is 72.3 Å². The maximum Gasteiger partial charge on any atom is 0.334 e. The van der Waals surface area contributed by atoms with Crippen molar-refractivity contribution in [2.45, 2.75) is 45.4 Å². The first-order valence-electron chi connectivity index (χ1n) is 13.5. The van der Waals surface area contributed by atoms with Crippen molar-refractivity contribution in [2.24, 2.45) is 11.5 Å². The molecule has 0 heterocycles. The van der Waals surface area contributed by atoms with Crippen molar-refractivity contribution >= 4 is 11.9 Å². The fraction of sp³-hybridized carbons (Fsp3) is 0.419. The maximum atomic E-state index is 11.7. The van der Waals surface area contributed by atoms with Crippen LogP contribution in [0, 0.1) is 0 Å². The molecule has 0 aliphatic heterocycles. The largest absolute Gasteiger partial charge is 0.490 e. The standard InChI is InChI=1S/C31H42N2O6/c1-4-5-6-7-8-10-25-13-14-28(37-16-18-39-31(35)24(3)22-33)20-29(25)26-11-9-12-27(19-26)36-15-17-38-30(34)23(2)21-32/h9,11-14,19-20H,2-8,10,15-18,21-22,32-33H2,1H3. The number of nitrogens with two attached hydrogens (primary N) is 2. The molecular weight excluding hydrogens is 496 g/mol. The number of carbonyl (C=O) groups is 2. The summed E-state index contributed by atoms with van der Waals surface area (Å²) < 4.78 is 21.9. The van der Waals surface area contributed by atoms with Crippen LogP contribution in [0.15, 0.2) is 66.8 Å². The van der Waals surface area contributed by atoms with E-state index in [1.54, 1.807) is 0 Å². The van der Waals surface area contributed by atoms with Crippen LogP contribution in [0.1, 0.15) is 44.6 Å². The first kappa shape index (κ1) is 31.6. The molecule has 0 aliphatic carbocycles. The van der Waals surface area contributed by atoms with Crippen LogP contribution in [0.5, 0.6) is 11.5 Å². The van der Waals surface area contributed by atoms with Crippen molar-refractivity contribution in [3.63, 3.8) is 0 Å². The molecule has 0 saturated carbocycles. The molecule has 2 aromatic rings. The van der Waals surface area contributed by atoms with Crippen LogP contribution >= 0.6 is 0 Å². The van der Waals surface area contributed by atoms with Crippen LogP contribution < -0.4 is 20.9 Å². The van der Waals surface area contributed by atoms with E-state index in [9.17, 15) is 9.59 Å². The second kappa shape index (κ2) is 17.8. The van der Waals surface area contributed by atoms with E-state index in [-0.39, 0.29) is 50.7 Å². The second-order valence-electron chi connectivity index (χ2n) is 9.10. The lowest BCUT2D eigenvalue weighted by molar-refractivity contribution is -0.140. The number of unbranched alkanes of at least 4 members (excludes halogenated alkanes) is 4. The molecule has 8 nitrogen and oxygen atoms in total. The van der Waals surface area contributed by atoms with Gasteiger partial charge in [0.1, 0.15) is 37.9 Å². The Bertz CT molecular complexity index is 1100. The van der Waals surface area contributed by atoms with Gasteiger partial charge in [-0.15, -0.1) is 0 Å². The summed E-state index contributed by atoms with van der Waals surface area (Å²) in [6.45, 7) is 10.1. The lowest BCUT2D eigenvalue weighted by Gasteiger charge is -2.15. The first-order chi connectivity index (χ1) is 18.9. The Morgan fingerprint density at radius 3 is 1.92 bits per heavy atom. The Kier molecular flexibility index (Phi) is 14.4. The minimum Gasteiger partial charge on any atom is -0.490 e. The average Bonchev–Trinajstić information content (AvgIpc) is 2.96. The Labute approximate surface area is 232 Å². The molecule has 0 aromatic heterocycles. The number of hydrogen-bond donors (Lipinski definition) is 2. The molecule has 0 bridgehead atoms. The van der Waals surface area contributed by atoms with Crippen LogP contribution in [-0.2, 0) is 25.5 Å². The predicted molar refractivity (Wildman–Crippen MR) is 154 cm³/mol. The van der Waals surface area contributed by atoms with Gasteiger partial charge in [-0.25, -0.2) is 9.59 Å². The molecule has 0 amide bonds. The molecule has 0 unspecified atom stereocenters. The number of benzene rings is 2. The summed E-state index contributed by atoms with van der Waals surface area (Å²) >= 11 is 0. The van der Waals surface area contributed by atoms with Gasteiger partial charge in [-0.3, -0.25) is 0 Å². The number of hydrogen-bond acceptors (Lipinski definition) is 8. The van der Waals surface area contributed by atoms with Crippen LogP contribution in [0.3, 0.4) is 0 Å². The fourth-order valence-corrected chi connectivity index (χ4v) is 3.76. The Morgan fingerprint density at radius 1 is 0.744 bits per heavy atom. The van der Waals surface area contributed by atoms with Gasteiger partial charge in [0.05, 0.1) is 0 Å². The zero-order chi connectivity index (χ0) is 28.5. The summed E-state index contributed by atoms with van der Waals surface area (Å²) in [5, 5.41) is 0. The van der Waals surface area contributed by atoms with Gasteiger partial charge in [0.15, 0.2) is 0 Å². The number of rotatable bonds is 19. The minimum atomic E-state index is -0.519. The highest BCUT2D eigenvalue weighted by molar-refractivity contribution is 5.88. The molecule has 212 valence electrons. The molecule has 0 atom stereocenters. The normalized spacial score (nSPS) is 10.5. The summed E-state index contributed by atoms with van der Waals surface area (Å²) in [5.41, 5.74) is 14.5. The Morgan fingerprint density at radius 2 is 1.33 bits per heavy atom. The molecule has 8 heteroatoms. The van der Waals surface area contributed by atoms with E-state index in [1.165, 1.54) is 31.2 Å². The van der Waals surface area contributed by atoms with E-state index >= 15 is 0 Å². The highest BCUT2D eigenvalue weighted by atomic mass is 16.6. The minimum absolute atomic E-state index is 0.0562. The van der Waals surface area contributed by atoms with Gasteiger partial charge in [-0.1, -0.05) is 64.0 Å². The van der Waals surface area contributed by atoms with E-state index in [0.717, 1.165) is 24.0 Å². The molecule has 0 spiro atoms. The number of carbonyl (C=O) groups excluding carboxylic acids is 2. The number of esters is 2. The van der Waals surface area contributed by atoms with Gasteiger partial charge in [0.25, 0.3) is 0 Å². The highest BCUT2D eigenvalue weighted by Crippen LogP contribution is 2.31. The first-order valence-corrected chi connectivity index (χ1v) is 13.5. The molecule has 2 aromatic carbocycles. The van der Waals surface area contributed by atoms with Crippen LogP contribution in [-0.4, -0.2) is 51.5 Å². The smallest absolute Gasteiger partial charge is 0.334 e. The molecule has 0 aliphatic rings. The maximum absolute atomic E-state index is 11.7. The third-order valence-electron chi connectivity index (χ3n) is 6.02. The Balaban J connectivity index is 2.09. The van der Waals surface area contributed by atoms with E-state index in [0.29, 0.717) is 11.5 Å². The Hall–Kier alpha value is -3.62. The molecular formula is C31H42N2O6. The summed E-state index contributed by atoms with van der Waals surface area (Å²) in [4.78, 5) is 23.4. The van der Waals surface area contributed by atoms with Gasteiger partial charge >= 0.3 is 11.9 Å². The third kappa shape index (κ3) is 11.3. The zero-order valence-corrected chi connectivity index (χ0v) is 23.0. The van der Waals surface area contributed by atoms with E-state index in [4.69, 9.17) is 30.4 Å².